The molecule has 0 saturated heterocycles. The zero-order chi connectivity index (χ0) is 13.8. The van der Waals surface area contributed by atoms with E-state index in [2.05, 4.69) is 26.3 Å². The summed E-state index contributed by atoms with van der Waals surface area (Å²) in [6.45, 7) is 0. The first-order valence-corrected chi connectivity index (χ1v) is 6.74. The Kier molecular flexibility index (Phi) is 4.76. The lowest BCUT2D eigenvalue weighted by Gasteiger charge is -2.19. The van der Waals surface area contributed by atoms with Gasteiger partial charge < -0.3 is 4.74 Å². The molecule has 0 amide bonds. The van der Waals surface area contributed by atoms with Crippen LogP contribution in [0.5, 0.6) is 5.75 Å². The summed E-state index contributed by atoms with van der Waals surface area (Å²) >= 11 is 9.51. The maximum absolute atomic E-state index is 6.05. The molecular formula is C13H13BrClN3O. The Morgan fingerprint density at radius 1 is 1.42 bits per heavy atom. The number of nitrogens with two attached hydrogens (primary N) is 1. The number of benzene rings is 1. The van der Waals surface area contributed by atoms with Crippen molar-refractivity contribution in [2.45, 2.75) is 6.04 Å². The standard InChI is InChI=1S/C13H13BrClN3O/c1-19-11-5-4-8(15)7-9(11)12(18-16)13-10(14)3-2-6-17-13/h2-7,12,18H,16H2,1H3. The van der Waals surface area contributed by atoms with Crippen LogP contribution in [0.2, 0.25) is 5.02 Å². The van der Waals surface area contributed by atoms with Crippen molar-refractivity contribution in [3.05, 3.63) is 57.3 Å². The normalized spacial score (nSPS) is 12.2. The average molecular weight is 343 g/mol. The molecule has 1 unspecified atom stereocenters. The third-order valence-electron chi connectivity index (χ3n) is 2.73. The van der Waals surface area contributed by atoms with Gasteiger partial charge in [0.25, 0.3) is 0 Å². The topological polar surface area (TPSA) is 60.2 Å². The molecule has 100 valence electrons. The van der Waals surface area contributed by atoms with E-state index in [0.29, 0.717) is 10.8 Å². The van der Waals surface area contributed by atoms with Crippen LogP contribution in [0, 0.1) is 0 Å². The van der Waals surface area contributed by atoms with Gasteiger partial charge >= 0.3 is 0 Å². The molecule has 1 heterocycles. The maximum atomic E-state index is 6.05. The maximum Gasteiger partial charge on any atom is 0.124 e. The van der Waals surface area contributed by atoms with E-state index >= 15 is 0 Å². The van der Waals surface area contributed by atoms with Gasteiger partial charge in [0.2, 0.25) is 0 Å². The van der Waals surface area contributed by atoms with Crippen molar-refractivity contribution in [1.82, 2.24) is 10.4 Å². The number of nitrogens with zero attached hydrogens (tertiary/aromatic N) is 1. The van der Waals surface area contributed by atoms with Gasteiger partial charge in [-0.25, -0.2) is 5.43 Å². The first-order chi connectivity index (χ1) is 9.17. The van der Waals surface area contributed by atoms with Gasteiger partial charge in [0, 0.05) is 21.3 Å². The number of hydrogen-bond acceptors (Lipinski definition) is 4. The van der Waals surface area contributed by atoms with E-state index in [4.69, 9.17) is 22.2 Å². The fourth-order valence-corrected chi connectivity index (χ4v) is 2.52. The molecule has 3 N–H and O–H groups in total. The number of hydrazine groups is 1. The molecule has 1 aromatic carbocycles. The molecule has 0 spiro atoms. The molecule has 0 fully saturated rings. The number of halogens is 2. The van der Waals surface area contributed by atoms with Crippen LogP contribution in [-0.2, 0) is 0 Å². The summed E-state index contributed by atoms with van der Waals surface area (Å²) in [4.78, 5) is 4.34. The Labute approximate surface area is 125 Å². The Balaban J connectivity index is 2.54. The first kappa shape index (κ1) is 14.3. The molecule has 0 saturated carbocycles. The number of methoxy groups -OCH3 is 1. The van der Waals surface area contributed by atoms with Crippen LogP contribution in [0.25, 0.3) is 0 Å². The largest absolute Gasteiger partial charge is 0.496 e. The predicted molar refractivity (Wildman–Crippen MR) is 79.1 cm³/mol. The summed E-state index contributed by atoms with van der Waals surface area (Å²) in [5, 5.41) is 0.614. The van der Waals surface area contributed by atoms with Gasteiger partial charge in [-0.15, -0.1) is 0 Å². The van der Waals surface area contributed by atoms with E-state index in [1.807, 2.05) is 18.2 Å². The molecule has 4 nitrogen and oxygen atoms in total. The van der Waals surface area contributed by atoms with Gasteiger partial charge in [0.15, 0.2) is 0 Å². The third-order valence-corrected chi connectivity index (χ3v) is 3.64. The molecule has 19 heavy (non-hydrogen) atoms. The molecule has 1 atom stereocenters. The summed E-state index contributed by atoms with van der Waals surface area (Å²) in [7, 11) is 1.60. The number of ether oxygens (including phenoxy) is 1. The SMILES string of the molecule is COc1ccc(Cl)cc1C(NN)c1ncccc1Br. The van der Waals surface area contributed by atoms with Crippen molar-refractivity contribution in [2.75, 3.05) is 7.11 Å². The van der Waals surface area contributed by atoms with Crippen LogP contribution >= 0.6 is 27.5 Å². The van der Waals surface area contributed by atoms with E-state index in [1.165, 1.54) is 0 Å². The van der Waals surface area contributed by atoms with Gasteiger partial charge in [-0.2, -0.15) is 0 Å². The molecule has 0 aliphatic heterocycles. The van der Waals surface area contributed by atoms with Gasteiger partial charge in [-0.1, -0.05) is 11.6 Å². The second-order valence-corrected chi connectivity index (χ2v) is 5.15. The van der Waals surface area contributed by atoms with E-state index in [-0.39, 0.29) is 6.04 Å². The Morgan fingerprint density at radius 3 is 2.84 bits per heavy atom. The minimum atomic E-state index is -0.316. The molecule has 0 radical (unpaired) electrons. The summed E-state index contributed by atoms with van der Waals surface area (Å²) in [6.07, 6.45) is 1.71. The number of hydrogen-bond donors (Lipinski definition) is 2. The minimum absolute atomic E-state index is 0.316. The molecule has 1 aromatic heterocycles. The molecule has 2 aromatic rings. The average Bonchev–Trinajstić information content (AvgIpc) is 2.42. The van der Waals surface area contributed by atoms with E-state index in [1.54, 1.807) is 25.4 Å². The van der Waals surface area contributed by atoms with Gasteiger partial charge in [-0.3, -0.25) is 10.8 Å². The van der Waals surface area contributed by atoms with Crippen molar-refractivity contribution >= 4 is 27.5 Å². The molecule has 6 heteroatoms. The zero-order valence-corrected chi connectivity index (χ0v) is 12.6. The van der Waals surface area contributed by atoms with Gasteiger partial charge in [0.1, 0.15) is 5.75 Å². The second-order valence-electron chi connectivity index (χ2n) is 3.86. The number of pyridine rings is 1. The van der Waals surface area contributed by atoms with E-state index in [9.17, 15) is 0 Å². The minimum Gasteiger partial charge on any atom is -0.496 e. The number of nitrogens with one attached hydrogen (secondary N) is 1. The van der Waals surface area contributed by atoms with E-state index < -0.39 is 0 Å². The fourth-order valence-electron chi connectivity index (χ4n) is 1.86. The summed E-state index contributed by atoms with van der Waals surface area (Å²) < 4.78 is 6.21. The summed E-state index contributed by atoms with van der Waals surface area (Å²) in [6, 6.07) is 8.82. The van der Waals surface area contributed by atoms with Crippen LogP contribution in [0.3, 0.4) is 0 Å². The first-order valence-electron chi connectivity index (χ1n) is 5.57. The molecule has 0 aliphatic rings. The van der Waals surface area contributed by atoms with Crippen LogP contribution < -0.4 is 16.0 Å². The Hall–Kier alpha value is -1.14. The van der Waals surface area contributed by atoms with Crippen LogP contribution in [0.1, 0.15) is 17.3 Å². The fraction of sp³-hybridized carbons (Fsp3) is 0.154. The molecule has 2 rings (SSSR count). The van der Waals surface area contributed by atoms with Crippen LogP contribution in [0.4, 0.5) is 0 Å². The highest BCUT2D eigenvalue weighted by Gasteiger charge is 2.20. The van der Waals surface area contributed by atoms with Crippen molar-refractivity contribution in [3.63, 3.8) is 0 Å². The van der Waals surface area contributed by atoms with Crippen molar-refractivity contribution < 1.29 is 4.74 Å². The lowest BCUT2D eigenvalue weighted by Crippen LogP contribution is -2.30. The van der Waals surface area contributed by atoms with Crippen LogP contribution in [0.15, 0.2) is 41.0 Å². The van der Waals surface area contributed by atoms with Crippen molar-refractivity contribution in [3.8, 4) is 5.75 Å². The third kappa shape index (κ3) is 3.06. The smallest absolute Gasteiger partial charge is 0.124 e. The number of rotatable bonds is 4. The molecule has 0 aliphatic carbocycles. The lowest BCUT2D eigenvalue weighted by molar-refractivity contribution is 0.403. The quantitative estimate of drug-likeness (QED) is 0.662. The highest BCUT2D eigenvalue weighted by atomic mass is 79.9. The van der Waals surface area contributed by atoms with E-state index in [0.717, 1.165) is 15.7 Å². The predicted octanol–water partition coefficient (Wildman–Crippen LogP) is 3.06. The summed E-state index contributed by atoms with van der Waals surface area (Å²) in [5.74, 6) is 6.37. The van der Waals surface area contributed by atoms with Crippen molar-refractivity contribution in [2.24, 2.45) is 5.84 Å². The van der Waals surface area contributed by atoms with Crippen LogP contribution in [-0.4, -0.2) is 12.1 Å². The van der Waals surface area contributed by atoms with Crippen molar-refractivity contribution in [1.29, 1.82) is 0 Å². The van der Waals surface area contributed by atoms with Gasteiger partial charge in [-0.05, 0) is 46.3 Å². The highest BCUT2D eigenvalue weighted by molar-refractivity contribution is 9.10. The van der Waals surface area contributed by atoms with Gasteiger partial charge in [0.05, 0.1) is 18.8 Å². The zero-order valence-electron chi connectivity index (χ0n) is 10.2. The number of aromatic nitrogens is 1. The monoisotopic (exact) mass is 341 g/mol. The second kappa shape index (κ2) is 6.34. The summed E-state index contributed by atoms with van der Waals surface area (Å²) in [5.41, 5.74) is 4.35. The Bertz CT molecular complexity index is 580. The molecular weight excluding hydrogens is 330 g/mol. The molecule has 0 bridgehead atoms. The highest BCUT2D eigenvalue weighted by Crippen LogP contribution is 2.33. The lowest BCUT2D eigenvalue weighted by atomic mass is 10.0. The Morgan fingerprint density at radius 2 is 2.21 bits per heavy atom.